The molecule has 1 rings (SSSR count). The van der Waals surface area contributed by atoms with Crippen molar-refractivity contribution in [2.75, 3.05) is 65.4 Å². The predicted molar refractivity (Wildman–Crippen MR) is 67.0 cm³/mol. The first kappa shape index (κ1) is 13.8. The highest BCUT2D eigenvalue weighted by molar-refractivity contribution is 4.68. The Hall–Kier alpha value is -0.240. The zero-order valence-corrected chi connectivity index (χ0v) is 10.1. The smallest absolute Gasteiger partial charge is 0.0257 e. The molecule has 0 bridgehead atoms. The second-order valence-electron chi connectivity index (χ2n) is 4.17. The molecule has 0 aromatic carbocycles. The Bertz CT molecular complexity index is 159. The minimum atomic E-state index is 0.686. The van der Waals surface area contributed by atoms with Crippen molar-refractivity contribution in [1.29, 1.82) is 0 Å². The molecular formula is C10H26N6. The summed E-state index contributed by atoms with van der Waals surface area (Å²) >= 11 is 0. The van der Waals surface area contributed by atoms with Gasteiger partial charge in [0.25, 0.3) is 0 Å². The van der Waals surface area contributed by atoms with Gasteiger partial charge in [0.05, 0.1) is 0 Å². The predicted octanol–water partition coefficient (Wildman–Crippen LogP) is -2.38. The first-order valence-corrected chi connectivity index (χ1v) is 6.16. The average molecular weight is 230 g/mol. The molecule has 16 heavy (non-hydrogen) atoms. The van der Waals surface area contributed by atoms with Crippen LogP contribution in [-0.2, 0) is 0 Å². The highest BCUT2D eigenvalue weighted by Gasteiger charge is 2.09. The van der Waals surface area contributed by atoms with Gasteiger partial charge >= 0.3 is 0 Å². The summed E-state index contributed by atoms with van der Waals surface area (Å²) in [7, 11) is 0. The third kappa shape index (κ3) is 6.37. The van der Waals surface area contributed by atoms with Crippen LogP contribution in [0, 0.1) is 0 Å². The molecule has 0 unspecified atom stereocenters. The van der Waals surface area contributed by atoms with Crippen molar-refractivity contribution in [2.45, 2.75) is 0 Å². The van der Waals surface area contributed by atoms with Crippen molar-refractivity contribution >= 4 is 0 Å². The SMILES string of the molecule is NCCNCCN(N)CCN1CCNCC1. The zero-order valence-electron chi connectivity index (χ0n) is 10.1. The van der Waals surface area contributed by atoms with Gasteiger partial charge in [-0.15, -0.1) is 0 Å². The lowest BCUT2D eigenvalue weighted by molar-refractivity contribution is 0.190. The van der Waals surface area contributed by atoms with E-state index in [-0.39, 0.29) is 0 Å². The Balaban J connectivity index is 1.94. The molecule has 0 spiro atoms. The van der Waals surface area contributed by atoms with Gasteiger partial charge in [0.2, 0.25) is 0 Å². The van der Waals surface area contributed by atoms with E-state index in [4.69, 9.17) is 11.6 Å². The largest absolute Gasteiger partial charge is 0.329 e. The molecular weight excluding hydrogens is 204 g/mol. The molecule has 6 nitrogen and oxygen atoms in total. The van der Waals surface area contributed by atoms with Gasteiger partial charge < -0.3 is 16.4 Å². The second kappa shape index (κ2) is 8.86. The Morgan fingerprint density at radius 2 is 1.94 bits per heavy atom. The van der Waals surface area contributed by atoms with Gasteiger partial charge in [-0.1, -0.05) is 0 Å². The summed E-state index contributed by atoms with van der Waals surface area (Å²) in [6.07, 6.45) is 0. The van der Waals surface area contributed by atoms with Gasteiger partial charge in [0.1, 0.15) is 0 Å². The lowest BCUT2D eigenvalue weighted by Crippen LogP contribution is -2.48. The lowest BCUT2D eigenvalue weighted by atomic mass is 10.3. The number of hydrazine groups is 1. The van der Waals surface area contributed by atoms with E-state index in [2.05, 4.69) is 15.5 Å². The van der Waals surface area contributed by atoms with E-state index in [1.165, 1.54) is 0 Å². The number of nitrogens with one attached hydrogen (secondary N) is 2. The number of piperazine rings is 1. The maximum absolute atomic E-state index is 5.89. The summed E-state index contributed by atoms with van der Waals surface area (Å²) in [6.45, 7) is 9.82. The maximum Gasteiger partial charge on any atom is 0.0257 e. The summed E-state index contributed by atoms with van der Waals surface area (Å²) in [5.74, 6) is 5.89. The molecule has 0 atom stereocenters. The van der Waals surface area contributed by atoms with Crippen LogP contribution in [0.25, 0.3) is 0 Å². The number of nitrogens with two attached hydrogens (primary N) is 2. The normalized spacial score (nSPS) is 18.2. The van der Waals surface area contributed by atoms with Crippen LogP contribution >= 0.6 is 0 Å². The van der Waals surface area contributed by atoms with E-state index in [9.17, 15) is 0 Å². The van der Waals surface area contributed by atoms with Gasteiger partial charge in [-0.25, -0.2) is 5.01 Å². The summed E-state index contributed by atoms with van der Waals surface area (Å²) in [4.78, 5) is 2.45. The fourth-order valence-corrected chi connectivity index (χ4v) is 1.77. The van der Waals surface area contributed by atoms with Gasteiger partial charge in [-0.3, -0.25) is 10.7 Å². The zero-order chi connectivity index (χ0) is 11.6. The molecule has 6 heteroatoms. The standard InChI is InChI=1S/C10H26N6/c11-1-2-13-5-8-16(12)10-9-15-6-3-14-4-7-15/h13-14H,1-12H2. The number of rotatable bonds is 8. The highest BCUT2D eigenvalue weighted by atomic mass is 15.4. The number of hydrogen-bond acceptors (Lipinski definition) is 6. The Morgan fingerprint density at radius 3 is 2.62 bits per heavy atom. The van der Waals surface area contributed by atoms with Gasteiger partial charge in [0.15, 0.2) is 0 Å². The van der Waals surface area contributed by atoms with Crippen LogP contribution in [-0.4, -0.2) is 75.4 Å². The summed E-state index contributed by atoms with van der Waals surface area (Å²) in [5, 5.41) is 8.46. The van der Waals surface area contributed by atoms with E-state index in [0.717, 1.165) is 58.9 Å². The molecule has 1 fully saturated rings. The van der Waals surface area contributed by atoms with Crippen molar-refractivity contribution in [3.63, 3.8) is 0 Å². The molecule has 96 valence electrons. The second-order valence-corrected chi connectivity index (χ2v) is 4.17. The lowest BCUT2D eigenvalue weighted by Gasteiger charge is -2.28. The molecule has 6 N–H and O–H groups in total. The molecule has 1 aliphatic rings. The molecule has 0 aromatic rings. The van der Waals surface area contributed by atoms with Gasteiger partial charge in [0, 0.05) is 65.4 Å². The molecule has 1 heterocycles. The molecule has 0 aromatic heterocycles. The van der Waals surface area contributed by atoms with E-state index in [0.29, 0.717) is 6.54 Å². The number of hydrogen-bond donors (Lipinski definition) is 4. The van der Waals surface area contributed by atoms with Crippen LogP contribution in [0.2, 0.25) is 0 Å². The average Bonchev–Trinajstić information content (AvgIpc) is 2.33. The van der Waals surface area contributed by atoms with Crippen LogP contribution in [0.5, 0.6) is 0 Å². The first-order chi connectivity index (χ1) is 7.83. The van der Waals surface area contributed by atoms with Crippen LogP contribution < -0.4 is 22.2 Å². The monoisotopic (exact) mass is 230 g/mol. The van der Waals surface area contributed by atoms with Crippen LogP contribution in [0.1, 0.15) is 0 Å². The number of nitrogens with zero attached hydrogens (tertiary/aromatic N) is 2. The molecule has 1 aliphatic heterocycles. The van der Waals surface area contributed by atoms with Crippen molar-refractivity contribution < 1.29 is 0 Å². The Kier molecular flexibility index (Phi) is 7.65. The van der Waals surface area contributed by atoms with Gasteiger partial charge in [-0.05, 0) is 0 Å². The Morgan fingerprint density at radius 1 is 1.19 bits per heavy atom. The van der Waals surface area contributed by atoms with Crippen LogP contribution in [0.3, 0.4) is 0 Å². The molecule has 0 radical (unpaired) electrons. The quantitative estimate of drug-likeness (QED) is 0.212. The van der Waals surface area contributed by atoms with Crippen LogP contribution in [0.15, 0.2) is 0 Å². The molecule has 1 saturated heterocycles. The molecule has 0 saturated carbocycles. The van der Waals surface area contributed by atoms with E-state index in [1.807, 2.05) is 5.01 Å². The molecule has 0 aliphatic carbocycles. The minimum Gasteiger partial charge on any atom is -0.329 e. The van der Waals surface area contributed by atoms with Gasteiger partial charge in [-0.2, -0.15) is 0 Å². The maximum atomic E-state index is 5.89. The first-order valence-electron chi connectivity index (χ1n) is 6.16. The molecule has 0 amide bonds. The van der Waals surface area contributed by atoms with E-state index in [1.54, 1.807) is 0 Å². The van der Waals surface area contributed by atoms with E-state index >= 15 is 0 Å². The third-order valence-corrected chi connectivity index (χ3v) is 2.81. The fraction of sp³-hybridized carbons (Fsp3) is 1.00. The van der Waals surface area contributed by atoms with Crippen molar-refractivity contribution in [1.82, 2.24) is 20.5 Å². The Labute approximate surface area is 98.3 Å². The van der Waals surface area contributed by atoms with E-state index < -0.39 is 0 Å². The van der Waals surface area contributed by atoms with Crippen LogP contribution in [0.4, 0.5) is 0 Å². The summed E-state index contributed by atoms with van der Waals surface area (Å²) in [5.41, 5.74) is 5.38. The fourth-order valence-electron chi connectivity index (χ4n) is 1.77. The third-order valence-electron chi connectivity index (χ3n) is 2.81. The van der Waals surface area contributed by atoms with Crippen molar-refractivity contribution in [3.8, 4) is 0 Å². The highest BCUT2D eigenvalue weighted by Crippen LogP contribution is 1.91. The topological polar surface area (TPSA) is 82.6 Å². The summed E-state index contributed by atoms with van der Waals surface area (Å²) in [6, 6.07) is 0. The van der Waals surface area contributed by atoms with Crippen molar-refractivity contribution in [3.05, 3.63) is 0 Å². The summed E-state index contributed by atoms with van der Waals surface area (Å²) < 4.78 is 0. The van der Waals surface area contributed by atoms with Crippen molar-refractivity contribution in [2.24, 2.45) is 11.6 Å². The minimum absolute atomic E-state index is 0.686.